The predicted molar refractivity (Wildman–Crippen MR) is 100 cm³/mol. The summed E-state index contributed by atoms with van der Waals surface area (Å²) in [5, 5.41) is 2.79. The molecular formula is C19H28N2O3S. The van der Waals surface area contributed by atoms with Gasteiger partial charge < -0.3 is 5.32 Å². The van der Waals surface area contributed by atoms with Crippen LogP contribution in [0.25, 0.3) is 0 Å². The summed E-state index contributed by atoms with van der Waals surface area (Å²) in [6.07, 6.45) is 8.37. The molecule has 0 fully saturated rings. The number of benzene rings is 1. The molecule has 0 saturated heterocycles. The van der Waals surface area contributed by atoms with Crippen LogP contribution in [0.2, 0.25) is 0 Å². The Morgan fingerprint density at radius 3 is 2.68 bits per heavy atom. The van der Waals surface area contributed by atoms with E-state index in [2.05, 4.69) is 16.1 Å². The number of rotatable bonds is 8. The van der Waals surface area contributed by atoms with Crippen molar-refractivity contribution in [1.29, 1.82) is 0 Å². The SMILES string of the molecule is CCCNC(=O)c1cc(S(=O)(=O)NCCC2=CCCCC2)ccc1C. The van der Waals surface area contributed by atoms with E-state index in [1.165, 1.54) is 24.5 Å². The van der Waals surface area contributed by atoms with Crippen LogP contribution in [0.5, 0.6) is 0 Å². The van der Waals surface area contributed by atoms with Crippen molar-refractivity contribution in [2.24, 2.45) is 0 Å². The average molecular weight is 365 g/mol. The monoisotopic (exact) mass is 364 g/mol. The fourth-order valence-corrected chi connectivity index (χ4v) is 3.97. The molecule has 0 saturated carbocycles. The average Bonchev–Trinajstić information content (AvgIpc) is 2.60. The first-order valence-corrected chi connectivity index (χ1v) is 10.5. The molecule has 5 nitrogen and oxygen atoms in total. The highest BCUT2D eigenvalue weighted by Gasteiger charge is 2.18. The maximum absolute atomic E-state index is 12.5. The lowest BCUT2D eigenvalue weighted by atomic mass is 9.97. The molecule has 138 valence electrons. The van der Waals surface area contributed by atoms with Crippen LogP contribution < -0.4 is 10.0 Å². The third-order valence-corrected chi connectivity index (χ3v) is 5.88. The zero-order valence-electron chi connectivity index (χ0n) is 15.1. The van der Waals surface area contributed by atoms with Crippen LogP contribution >= 0.6 is 0 Å². The van der Waals surface area contributed by atoms with Crippen molar-refractivity contribution in [2.75, 3.05) is 13.1 Å². The number of hydrogen-bond acceptors (Lipinski definition) is 3. The number of allylic oxidation sites excluding steroid dienone is 1. The normalized spacial score (nSPS) is 14.9. The summed E-state index contributed by atoms with van der Waals surface area (Å²) >= 11 is 0. The number of amides is 1. The Bertz CT molecular complexity index is 739. The molecule has 0 aliphatic heterocycles. The van der Waals surface area contributed by atoms with Crippen LogP contribution in [0, 0.1) is 6.92 Å². The van der Waals surface area contributed by atoms with Gasteiger partial charge in [-0.25, -0.2) is 13.1 Å². The fourth-order valence-electron chi connectivity index (χ4n) is 2.91. The third-order valence-electron chi connectivity index (χ3n) is 4.42. The highest BCUT2D eigenvalue weighted by Crippen LogP contribution is 2.20. The first kappa shape index (κ1) is 19.7. The maximum Gasteiger partial charge on any atom is 0.251 e. The van der Waals surface area contributed by atoms with Gasteiger partial charge in [-0.1, -0.05) is 24.6 Å². The van der Waals surface area contributed by atoms with Crippen LogP contribution in [0.15, 0.2) is 34.7 Å². The van der Waals surface area contributed by atoms with Crippen molar-refractivity contribution in [1.82, 2.24) is 10.0 Å². The van der Waals surface area contributed by atoms with E-state index in [0.717, 1.165) is 31.2 Å². The molecule has 1 amide bonds. The molecule has 0 heterocycles. The van der Waals surface area contributed by atoms with Crippen molar-refractivity contribution in [3.8, 4) is 0 Å². The lowest BCUT2D eigenvalue weighted by molar-refractivity contribution is 0.0953. The minimum absolute atomic E-state index is 0.136. The number of hydrogen-bond donors (Lipinski definition) is 2. The van der Waals surface area contributed by atoms with Crippen molar-refractivity contribution >= 4 is 15.9 Å². The number of sulfonamides is 1. The van der Waals surface area contributed by atoms with E-state index in [1.54, 1.807) is 19.1 Å². The Morgan fingerprint density at radius 1 is 1.20 bits per heavy atom. The first-order valence-electron chi connectivity index (χ1n) is 9.00. The summed E-state index contributed by atoms with van der Waals surface area (Å²) in [5.41, 5.74) is 2.50. The van der Waals surface area contributed by atoms with Gasteiger partial charge in [0.05, 0.1) is 4.90 Å². The molecule has 1 aliphatic carbocycles. The summed E-state index contributed by atoms with van der Waals surface area (Å²) in [4.78, 5) is 12.3. The van der Waals surface area contributed by atoms with Crippen molar-refractivity contribution < 1.29 is 13.2 Å². The van der Waals surface area contributed by atoms with Crippen molar-refractivity contribution in [2.45, 2.75) is 57.3 Å². The van der Waals surface area contributed by atoms with Crippen LogP contribution in [0.4, 0.5) is 0 Å². The molecule has 0 spiro atoms. The smallest absolute Gasteiger partial charge is 0.251 e. The van der Waals surface area contributed by atoms with Gasteiger partial charge in [-0.15, -0.1) is 0 Å². The second-order valence-corrected chi connectivity index (χ2v) is 8.26. The molecule has 1 aromatic rings. The van der Waals surface area contributed by atoms with Crippen LogP contribution in [-0.4, -0.2) is 27.4 Å². The van der Waals surface area contributed by atoms with E-state index in [0.29, 0.717) is 18.7 Å². The second kappa shape index (κ2) is 9.15. The summed E-state index contributed by atoms with van der Waals surface area (Å²) in [6, 6.07) is 4.69. The lowest BCUT2D eigenvalue weighted by Crippen LogP contribution is -2.27. The Balaban J connectivity index is 2.05. The van der Waals surface area contributed by atoms with E-state index >= 15 is 0 Å². The van der Waals surface area contributed by atoms with Gasteiger partial charge in [0.2, 0.25) is 10.0 Å². The molecule has 1 aliphatic rings. The van der Waals surface area contributed by atoms with E-state index < -0.39 is 10.0 Å². The van der Waals surface area contributed by atoms with Crippen molar-refractivity contribution in [3.63, 3.8) is 0 Å². The van der Waals surface area contributed by atoms with Crippen LogP contribution in [0.1, 0.15) is 61.4 Å². The minimum atomic E-state index is -3.61. The number of carbonyl (C=O) groups excluding carboxylic acids is 1. The molecular weight excluding hydrogens is 336 g/mol. The van der Waals surface area contributed by atoms with Crippen LogP contribution in [0.3, 0.4) is 0 Å². The zero-order chi connectivity index (χ0) is 18.3. The van der Waals surface area contributed by atoms with Crippen LogP contribution in [-0.2, 0) is 10.0 Å². The van der Waals surface area contributed by atoms with Gasteiger partial charge >= 0.3 is 0 Å². The molecule has 2 rings (SSSR count). The Labute approximate surface area is 151 Å². The highest BCUT2D eigenvalue weighted by atomic mass is 32.2. The Morgan fingerprint density at radius 2 is 2.00 bits per heavy atom. The number of aryl methyl sites for hydroxylation is 1. The standard InChI is InChI=1S/C19H28N2O3S/c1-3-12-20-19(22)18-14-17(10-9-15(18)2)25(23,24)21-13-11-16-7-5-4-6-8-16/h7,9-10,14,21H,3-6,8,11-13H2,1-2H3,(H,20,22). The van der Waals surface area contributed by atoms with Gasteiger partial charge in [0.15, 0.2) is 0 Å². The van der Waals surface area contributed by atoms with Gasteiger partial charge in [0.1, 0.15) is 0 Å². The van der Waals surface area contributed by atoms with Gasteiger partial charge in [0.25, 0.3) is 5.91 Å². The van der Waals surface area contributed by atoms with E-state index in [-0.39, 0.29) is 10.8 Å². The summed E-state index contributed by atoms with van der Waals surface area (Å²) in [5.74, 6) is -0.233. The zero-order valence-corrected chi connectivity index (χ0v) is 15.9. The van der Waals surface area contributed by atoms with Gasteiger partial charge in [-0.05, 0) is 63.1 Å². The number of nitrogens with one attached hydrogen (secondary N) is 2. The Kier molecular flexibility index (Phi) is 7.20. The maximum atomic E-state index is 12.5. The highest BCUT2D eigenvalue weighted by molar-refractivity contribution is 7.89. The molecule has 6 heteroatoms. The molecule has 0 aromatic heterocycles. The van der Waals surface area contributed by atoms with E-state index in [9.17, 15) is 13.2 Å². The van der Waals surface area contributed by atoms with Gasteiger partial charge in [-0.2, -0.15) is 0 Å². The van der Waals surface area contributed by atoms with Crippen molar-refractivity contribution in [3.05, 3.63) is 41.0 Å². The molecule has 25 heavy (non-hydrogen) atoms. The van der Waals surface area contributed by atoms with E-state index in [1.807, 2.05) is 6.92 Å². The predicted octanol–water partition coefficient (Wildman–Crippen LogP) is 3.30. The Hall–Kier alpha value is -1.66. The minimum Gasteiger partial charge on any atom is -0.352 e. The molecule has 0 unspecified atom stereocenters. The number of carbonyl (C=O) groups is 1. The van der Waals surface area contributed by atoms with Gasteiger partial charge in [0, 0.05) is 18.7 Å². The summed E-state index contributed by atoms with van der Waals surface area (Å²) in [6.45, 7) is 4.74. The first-order chi connectivity index (χ1) is 11.9. The fraction of sp³-hybridized carbons (Fsp3) is 0.526. The molecule has 0 radical (unpaired) electrons. The molecule has 0 bridgehead atoms. The summed E-state index contributed by atoms with van der Waals surface area (Å²) < 4.78 is 27.7. The summed E-state index contributed by atoms with van der Waals surface area (Å²) in [7, 11) is -3.61. The largest absolute Gasteiger partial charge is 0.352 e. The third kappa shape index (κ3) is 5.68. The lowest BCUT2D eigenvalue weighted by Gasteiger charge is -2.14. The van der Waals surface area contributed by atoms with E-state index in [4.69, 9.17) is 0 Å². The second-order valence-electron chi connectivity index (χ2n) is 6.49. The molecule has 2 N–H and O–H groups in total. The molecule has 1 aromatic carbocycles. The quantitative estimate of drug-likeness (QED) is 0.695. The van der Waals surface area contributed by atoms with Gasteiger partial charge in [-0.3, -0.25) is 4.79 Å². The molecule has 0 atom stereocenters. The topological polar surface area (TPSA) is 75.3 Å².